The maximum atomic E-state index is 2.52. The maximum Gasteiger partial charge on any atom is 0.0159 e. The number of benzene rings is 12. The van der Waals surface area contributed by atoms with Gasteiger partial charge in [0, 0.05) is 5.41 Å². The number of fused-ring (bicyclic) bond motifs is 14. The van der Waals surface area contributed by atoms with Gasteiger partial charge in [-0.05, 0) is 149 Å². The number of rotatable bonds is 3. The van der Waals surface area contributed by atoms with E-state index < -0.39 is 0 Å². The fraction of sp³-hybridized carbons (Fsp3) is 0.0492. The Morgan fingerprint density at radius 2 is 0.672 bits per heavy atom. The molecule has 13 rings (SSSR count). The van der Waals surface area contributed by atoms with E-state index in [1.807, 2.05) is 0 Å². The van der Waals surface area contributed by atoms with Crippen LogP contribution in [0.25, 0.3) is 120 Å². The van der Waals surface area contributed by atoms with Crippen LogP contribution in [0, 0.1) is 0 Å². The molecule has 0 saturated carbocycles. The molecule has 61 heavy (non-hydrogen) atoms. The van der Waals surface area contributed by atoms with E-state index in [9.17, 15) is 0 Å². The van der Waals surface area contributed by atoms with Crippen molar-refractivity contribution in [3.63, 3.8) is 0 Å². The monoisotopic (exact) mass is 772 g/mol. The lowest BCUT2D eigenvalue weighted by Gasteiger charge is -2.23. The molecule has 0 N–H and O–H groups in total. The highest BCUT2D eigenvalue weighted by Crippen LogP contribution is 2.55. The van der Waals surface area contributed by atoms with Crippen LogP contribution >= 0.6 is 0 Å². The lowest BCUT2D eigenvalue weighted by molar-refractivity contribution is 0.662. The molecule has 0 heterocycles. The van der Waals surface area contributed by atoms with Crippen molar-refractivity contribution in [2.75, 3.05) is 0 Å². The van der Waals surface area contributed by atoms with E-state index in [1.165, 1.54) is 131 Å². The highest BCUT2D eigenvalue weighted by molar-refractivity contribution is 6.27. The molecule has 12 aromatic carbocycles. The quantitative estimate of drug-likeness (QED) is 0.124. The molecule has 1 aliphatic carbocycles. The Hall–Kier alpha value is -7.54. The summed E-state index contributed by atoms with van der Waals surface area (Å²) in [7, 11) is 0. The Morgan fingerprint density at radius 1 is 0.246 bits per heavy atom. The first-order chi connectivity index (χ1) is 30.0. The van der Waals surface area contributed by atoms with Crippen LogP contribution in [0.3, 0.4) is 0 Å². The van der Waals surface area contributed by atoms with Crippen LogP contribution in [0.1, 0.15) is 25.0 Å². The summed E-state index contributed by atoms with van der Waals surface area (Å²) in [6.07, 6.45) is 0. The van der Waals surface area contributed by atoms with Crippen molar-refractivity contribution in [3.05, 3.63) is 217 Å². The van der Waals surface area contributed by atoms with Gasteiger partial charge in [0.25, 0.3) is 0 Å². The SMILES string of the molecule is CC1(C)c2cc3c4ccccc4c4ccccc4c3cc2-c2c1cc(-c1ccc(-c3c4ccccc4c(-c4cccc5ccccc45)c4ccccc34)cc1)c1ccccc21. The predicted octanol–water partition coefficient (Wildman–Crippen LogP) is 17.1. The van der Waals surface area contributed by atoms with Gasteiger partial charge in [-0.15, -0.1) is 0 Å². The van der Waals surface area contributed by atoms with E-state index in [0.717, 1.165) is 0 Å². The molecule has 0 atom stereocenters. The third-order valence-electron chi connectivity index (χ3n) is 14.0. The zero-order chi connectivity index (χ0) is 40.4. The fourth-order valence-corrected chi connectivity index (χ4v) is 11.2. The van der Waals surface area contributed by atoms with Crippen molar-refractivity contribution in [2.24, 2.45) is 0 Å². The standard InChI is InChI=1S/C61H40/c1-61(2)56-36-54-44-22-8-6-20-42(44)41-19-5-7-21-43(41)53(54)34-55(56)60-47-24-10-9-23-45(47)52(35-57(60)61)38-30-32-39(33-31-38)58-48-25-11-13-27-50(48)59(51-28-14-12-26-49(51)58)46-29-15-17-37-16-3-4-18-40(37)46/h3-36H,1-2H3. The average molecular weight is 773 g/mol. The normalized spacial score (nSPS) is 13.2. The summed E-state index contributed by atoms with van der Waals surface area (Å²) in [4.78, 5) is 0. The first-order valence-corrected chi connectivity index (χ1v) is 21.5. The second kappa shape index (κ2) is 12.7. The van der Waals surface area contributed by atoms with Gasteiger partial charge in [0.2, 0.25) is 0 Å². The summed E-state index contributed by atoms with van der Waals surface area (Å²) in [5, 5.41) is 18.2. The number of hydrogen-bond donors (Lipinski definition) is 0. The van der Waals surface area contributed by atoms with Gasteiger partial charge < -0.3 is 0 Å². The third kappa shape index (κ3) is 4.82. The summed E-state index contributed by atoms with van der Waals surface area (Å²) < 4.78 is 0. The van der Waals surface area contributed by atoms with Gasteiger partial charge in [-0.25, -0.2) is 0 Å². The lowest BCUT2D eigenvalue weighted by Crippen LogP contribution is -2.15. The van der Waals surface area contributed by atoms with Crippen LogP contribution < -0.4 is 0 Å². The van der Waals surface area contributed by atoms with Gasteiger partial charge in [-0.2, -0.15) is 0 Å². The maximum absolute atomic E-state index is 2.52. The van der Waals surface area contributed by atoms with E-state index in [0.29, 0.717) is 0 Å². The molecule has 0 saturated heterocycles. The molecule has 12 aromatic rings. The first-order valence-electron chi connectivity index (χ1n) is 21.5. The highest BCUT2D eigenvalue weighted by Gasteiger charge is 2.38. The van der Waals surface area contributed by atoms with Crippen molar-refractivity contribution in [1.82, 2.24) is 0 Å². The topological polar surface area (TPSA) is 0 Å². The minimum atomic E-state index is -0.187. The van der Waals surface area contributed by atoms with Gasteiger partial charge in [-0.1, -0.05) is 202 Å². The van der Waals surface area contributed by atoms with E-state index in [1.54, 1.807) is 0 Å². The Labute approximate surface area is 355 Å². The minimum absolute atomic E-state index is 0.187. The lowest BCUT2D eigenvalue weighted by atomic mass is 9.79. The van der Waals surface area contributed by atoms with Crippen LogP contribution in [0.15, 0.2) is 206 Å². The van der Waals surface area contributed by atoms with E-state index >= 15 is 0 Å². The molecule has 0 spiro atoms. The summed E-state index contributed by atoms with van der Waals surface area (Å²) in [5.41, 5.74) is 12.9. The predicted molar refractivity (Wildman–Crippen MR) is 263 cm³/mol. The molecule has 0 unspecified atom stereocenters. The molecule has 0 bridgehead atoms. The summed E-state index contributed by atoms with van der Waals surface area (Å²) in [6, 6.07) is 77.3. The average Bonchev–Trinajstić information content (AvgIpc) is 3.54. The molecule has 0 aliphatic heterocycles. The van der Waals surface area contributed by atoms with Crippen molar-refractivity contribution in [1.29, 1.82) is 0 Å². The first kappa shape index (κ1) is 34.3. The van der Waals surface area contributed by atoms with Crippen molar-refractivity contribution >= 4 is 75.4 Å². The smallest absolute Gasteiger partial charge is 0.0159 e. The van der Waals surface area contributed by atoms with Crippen molar-refractivity contribution in [3.8, 4) is 44.5 Å². The Bertz CT molecular complexity index is 3760. The van der Waals surface area contributed by atoms with Gasteiger partial charge in [0.05, 0.1) is 0 Å². The van der Waals surface area contributed by atoms with E-state index in [2.05, 4.69) is 220 Å². The summed E-state index contributed by atoms with van der Waals surface area (Å²) in [5.74, 6) is 0. The van der Waals surface area contributed by atoms with Gasteiger partial charge in [0.15, 0.2) is 0 Å². The largest absolute Gasteiger partial charge is 0.0616 e. The minimum Gasteiger partial charge on any atom is -0.0616 e. The van der Waals surface area contributed by atoms with Crippen LogP contribution in [0.5, 0.6) is 0 Å². The highest BCUT2D eigenvalue weighted by atomic mass is 14.4. The second-order valence-electron chi connectivity index (χ2n) is 17.5. The summed E-state index contributed by atoms with van der Waals surface area (Å²) >= 11 is 0. The summed E-state index contributed by atoms with van der Waals surface area (Å²) in [6.45, 7) is 4.85. The molecular formula is C61H40. The van der Waals surface area contributed by atoms with Crippen LogP contribution in [0.4, 0.5) is 0 Å². The van der Waals surface area contributed by atoms with Crippen molar-refractivity contribution < 1.29 is 0 Å². The molecular weight excluding hydrogens is 733 g/mol. The van der Waals surface area contributed by atoms with E-state index in [-0.39, 0.29) is 5.41 Å². The molecule has 0 nitrogen and oxygen atoms in total. The Balaban J connectivity index is 1.00. The molecule has 284 valence electrons. The fourth-order valence-electron chi connectivity index (χ4n) is 11.2. The van der Waals surface area contributed by atoms with Gasteiger partial charge in [-0.3, -0.25) is 0 Å². The molecule has 0 aromatic heterocycles. The van der Waals surface area contributed by atoms with Crippen LogP contribution in [-0.2, 0) is 5.41 Å². The van der Waals surface area contributed by atoms with Crippen molar-refractivity contribution in [2.45, 2.75) is 19.3 Å². The molecule has 0 radical (unpaired) electrons. The number of hydrogen-bond acceptors (Lipinski definition) is 0. The van der Waals surface area contributed by atoms with E-state index in [4.69, 9.17) is 0 Å². The molecule has 1 aliphatic rings. The zero-order valence-corrected chi connectivity index (χ0v) is 34.1. The molecule has 0 heteroatoms. The van der Waals surface area contributed by atoms with Gasteiger partial charge in [0.1, 0.15) is 0 Å². The Morgan fingerprint density at radius 3 is 1.26 bits per heavy atom. The molecule has 0 fully saturated rings. The Kier molecular flexibility index (Phi) is 7.17. The van der Waals surface area contributed by atoms with Gasteiger partial charge >= 0.3 is 0 Å². The molecule has 0 amide bonds. The van der Waals surface area contributed by atoms with Crippen LogP contribution in [0.2, 0.25) is 0 Å². The van der Waals surface area contributed by atoms with Crippen LogP contribution in [-0.4, -0.2) is 0 Å². The second-order valence-corrected chi connectivity index (χ2v) is 17.5. The third-order valence-corrected chi connectivity index (χ3v) is 14.0. The zero-order valence-electron chi connectivity index (χ0n) is 34.1.